The van der Waals surface area contributed by atoms with E-state index in [1.165, 1.54) is 11.1 Å². The lowest BCUT2D eigenvalue weighted by molar-refractivity contribution is 0.281. The number of hydrogen-bond donors (Lipinski definition) is 1. The van der Waals surface area contributed by atoms with Gasteiger partial charge < -0.3 is 5.11 Å². The lowest BCUT2D eigenvalue weighted by Gasteiger charge is -2.16. The van der Waals surface area contributed by atoms with E-state index in [1.807, 2.05) is 18.2 Å². The first-order chi connectivity index (χ1) is 8.35. The van der Waals surface area contributed by atoms with Crippen LogP contribution < -0.4 is 0 Å². The van der Waals surface area contributed by atoms with Gasteiger partial charge in [-0.25, -0.2) is 0 Å². The van der Waals surface area contributed by atoms with Crippen LogP contribution in [-0.2, 0) is 6.61 Å². The maximum absolute atomic E-state index is 9.19. The third kappa shape index (κ3) is 2.75. The quantitative estimate of drug-likeness (QED) is 0.842. The van der Waals surface area contributed by atoms with E-state index >= 15 is 0 Å². The molecule has 0 fully saturated rings. The van der Waals surface area contributed by atoms with Gasteiger partial charge in [0.2, 0.25) is 0 Å². The Hall–Kier alpha value is -1.60. The van der Waals surface area contributed by atoms with Crippen LogP contribution in [0, 0.1) is 0 Å². The van der Waals surface area contributed by atoms with Gasteiger partial charge in [-0.2, -0.15) is 0 Å². The van der Waals surface area contributed by atoms with Crippen molar-refractivity contribution in [2.75, 3.05) is 0 Å². The van der Waals surface area contributed by atoms with Crippen LogP contribution in [0.2, 0.25) is 0 Å². The summed E-state index contributed by atoms with van der Waals surface area (Å²) in [5, 5.41) is 9.19. The Bertz CT molecular complexity index is 462. The molecule has 1 unspecified atom stereocenters. The van der Waals surface area contributed by atoms with Gasteiger partial charge in [-0.1, -0.05) is 61.5 Å². The number of aliphatic hydroxyl groups excluding tert-OH is 1. The first-order valence-corrected chi connectivity index (χ1v) is 6.09. The molecule has 17 heavy (non-hydrogen) atoms. The average molecular weight is 226 g/mol. The molecule has 0 aliphatic heterocycles. The lowest BCUT2D eigenvalue weighted by Crippen LogP contribution is -2.00. The van der Waals surface area contributed by atoms with E-state index in [-0.39, 0.29) is 6.61 Å². The largest absolute Gasteiger partial charge is 0.392 e. The Morgan fingerprint density at radius 2 is 1.65 bits per heavy atom. The molecule has 1 nitrogen and oxygen atoms in total. The standard InChI is InChI=1S/C16H18O/c1-2-16(14-8-4-3-5-9-14)15-10-6-7-13(11-15)12-17/h3-11,16-17H,2,12H2,1H3. The molecule has 0 saturated heterocycles. The second-order valence-corrected chi connectivity index (χ2v) is 4.27. The first-order valence-electron chi connectivity index (χ1n) is 6.09. The Morgan fingerprint density at radius 3 is 2.29 bits per heavy atom. The second kappa shape index (κ2) is 5.65. The molecule has 88 valence electrons. The predicted octanol–water partition coefficient (Wildman–Crippen LogP) is 3.72. The SMILES string of the molecule is CCC(c1ccccc1)c1cccc(CO)c1. The highest BCUT2D eigenvalue weighted by atomic mass is 16.3. The summed E-state index contributed by atoms with van der Waals surface area (Å²) < 4.78 is 0. The maximum atomic E-state index is 9.19. The van der Waals surface area contributed by atoms with E-state index in [0.717, 1.165) is 12.0 Å². The number of benzene rings is 2. The van der Waals surface area contributed by atoms with Crippen LogP contribution in [0.25, 0.3) is 0 Å². The number of rotatable bonds is 4. The Morgan fingerprint density at radius 1 is 0.941 bits per heavy atom. The predicted molar refractivity (Wildman–Crippen MR) is 70.9 cm³/mol. The molecular formula is C16H18O. The third-order valence-corrected chi connectivity index (χ3v) is 3.15. The van der Waals surface area contributed by atoms with E-state index in [0.29, 0.717) is 5.92 Å². The minimum absolute atomic E-state index is 0.110. The molecule has 0 heterocycles. The molecule has 0 saturated carbocycles. The van der Waals surface area contributed by atoms with Crippen molar-refractivity contribution in [3.8, 4) is 0 Å². The van der Waals surface area contributed by atoms with Crippen molar-refractivity contribution in [1.82, 2.24) is 0 Å². The summed E-state index contributed by atoms with van der Waals surface area (Å²) >= 11 is 0. The molecule has 0 bridgehead atoms. The molecule has 2 rings (SSSR count). The maximum Gasteiger partial charge on any atom is 0.0681 e. The van der Waals surface area contributed by atoms with Crippen molar-refractivity contribution in [2.45, 2.75) is 25.9 Å². The zero-order chi connectivity index (χ0) is 12.1. The Labute approximate surface area is 103 Å². The molecule has 0 aliphatic carbocycles. The smallest absolute Gasteiger partial charge is 0.0681 e. The zero-order valence-corrected chi connectivity index (χ0v) is 10.1. The second-order valence-electron chi connectivity index (χ2n) is 4.27. The molecule has 0 aromatic heterocycles. The monoisotopic (exact) mass is 226 g/mol. The highest BCUT2D eigenvalue weighted by Crippen LogP contribution is 2.28. The lowest BCUT2D eigenvalue weighted by atomic mass is 9.88. The van der Waals surface area contributed by atoms with Crippen molar-refractivity contribution in [3.63, 3.8) is 0 Å². The summed E-state index contributed by atoms with van der Waals surface area (Å²) in [6.07, 6.45) is 1.07. The molecular weight excluding hydrogens is 208 g/mol. The van der Waals surface area contributed by atoms with Crippen LogP contribution >= 0.6 is 0 Å². The summed E-state index contributed by atoms with van der Waals surface area (Å²) in [5.41, 5.74) is 3.60. The average Bonchev–Trinajstić information content (AvgIpc) is 2.41. The zero-order valence-electron chi connectivity index (χ0n) is 10.1. The van der Waals surface area contributed by atoms with E-state index < -0.39 is 0 Å². The van der Waals surface area contributed by atoms with Gasteiger partial charge in [0.05, 0.1) is 6.61 Å². The van der Waals surface area contributed by atoms with Crippen LogP contribution in [0.3, 0.4) is 0 Å². The van der Waals surface area contributed by atoms with Crippen molar-refractivity contribution < 1.29 is 5.11 Å². The normalized spacial score (nSPS) is 12.4. The van der Waals surface area contributed by atoms with Gasteiger partial charge in [-0.3, -0.25) is 0 Å². The van der Waals surface area contributed by atoms with Gasteiger partial charge in [0.1, 0.15) is 0 Å². The van der Waals surface area contributed by atoms with Crippen molar-refractivity contribution in [3.05, 3.63) is 71.3 Å². The van der Waals surface area contributed by atoms with E-state index in [9.17, 15) is 5.11 Å². The first kappa shape index (κ1) is 11.9. The highest BCUT2D eigenvalue weighted by Gasteiger charge is 2.11. The fourth-order valence-electron chi connectivity index (χ4n) is 2.26. The minimum atomic E-state index is 0.110. The van der Waals surface area contributed by atoms with E-state index in [4.69, 9.17) is 0 Å². The van der Waals surface area contributed by atoms with E-state index in [1.54, 1.807) is 0 Å². The van der Waals surface area contributed by atoms with Crippen molar-refractivity contribution in [1.29, 1.82) is 0 Å². The van der Waals surface area contributed by atoms with E-state index in [2.05, 4.69) is 43.3 Å². The van der Waals surface area contributed by atoms with Gasteiger partial charge in [-0.15, -0.1) is 0 Å². The van der Waals surface area contributed by atoms with Crippen molar-refractivity contribution in [2.24, 2.45) is 0 Å². The molecule has 1 heteroatoms. The number of hydrogen-bond acceptors (Lipinski definition) is 1. The van der Waals surface area contributed by atoms with Crippen LogP contribution in [0.1, 0.15) is 36.0 Å². The topological polar surface area (TPSA) is 20.2 Å². The van der Waals surface area contributed by atoms with Gasteiger partial charge in [0.25, 0.3) is 0 Å². The Balaban J connectivity index is 2.35. The van der Waals surface area contributed by atoms with Crippen LogP contribution in [0.4, 0.5) is 0 Å². The highest BCUT2D eigenvalue weighted by molar-refractivity contribution is 5.34. The fourth-order valence-corrected chi connectivity index (χ4v) is 2.26. The molecule has 1 atom stereocenters. The summed E-state index contributed by atoms with van der Waals surface area (Å²) in [5.74, 6) is 0.419. The summed E-state index contributed by atoms with van der Waals surface area (Å²) in [6.45, 7) is 2.31. The van der Waals surface area contributed by atoms with Gasteiger partial charge in [0, 0.05) is 5.92 Å². The van der Waals surface area contributed by atoms with Crippen LogP contribution in [-0.4, -0.2) is 5.11 Å². The molecule has 0 amide bonds. The van der Waals surface area contributed by atoms with Crippen LogP contribution in [0.15, 0.2) is 54.6 Å². The minimum Gasteiger partial charge on any atom is -0.392 e. The molecule has 0 spiro atoms. The molecule has 0 aliphatic rings. The molecule has 2 aromatic rings. The Kier molecular flexibility index (Phi) is 3.94. The van der Waals surface area contributed by atoms with Crippen molar-refractivity contribution >= 4 is 0 Å². The number of aliphatic hydroxyl groups is 1. The van der Waals surface area contributed by atoms with Crippen LogP contribution in [0.5, 0.6) is 0 Å². The molecule has 2 aromatic carbocycles. The van der Waals surface area contributed by atoms with Gasteiger partial charge in [-0.05, 0) is 23.1 Å². The summed E-state index contributed by atoms with van der Waals surface area (Å²) in [6, 6.07) is 18.7. The van der Waals surface area contributed by atoms with Gasteiger partial charge >= 0.3 is 0 Å². The third-order valence-electron chi connectivity index (χ3n) is 3.15. The summed E-state index contributed by atoms with van der Waals surface area (Å²) in [4.78, 5) is 0. The fraction of sp³-hybridized carbons (Fsp3) is 0.250. The molecule has 0 radical (unpaired) electrons. The summed E-state index contributed by atoms with van der Waals surface area (Å²) in [7, 11) is 0. The molecule has 1 N–H and O–H groups in total. The van der Waals surface area contributed by atoms with Gasteiger partial charge in [0.15, 0.2) is 0 Å².